The number of benzene rings is 3. The Bertz CT molecular complexity index is 1200. The molecule has 0 bridgehead atoms. The van der Waals surface area contributed by atoms with Gasteiger partial charge in [-0.1, -0.05) is 48.2 Å². The zero-order chi connectivity index (χ0) is 21.8. The minimum Gasteiger partial charge on any atom is -0.454 e. The Balaban J connectivity index is 1.53. The van der Waals surface area contributed by atoms with Crippen LogP contribution in [0.4, 0.5) is 5.69 Å². The van der Waals surface area contributed by atoms with Crippen LogP contribution in [0, 0.1) is 0 Å². The van der Waals surface area contributed by atoms with Gasteiger partial charge in [-0.2, -0.15) is 0 Å². The maximum absolute atomic E-state index is 12.9. The molecule has 8 heteroatoms. The maximum Gasteiger partial charge on any atom is 0.232 e. The van der Waals surface area contributed by atoms with Crippen molar-refractivity contribution < 1.29 is 22.7 Å². The SMILES string of the molecule is CS(=O)(=O)N(CC(=O)Cc1ccccc1Sc1ccccc1)c1ccc2c(c1)OCO2. The predicted octanol–water partition coefficient (Wildman–Crippen LogP) is 4.14. The van der Waals surface area contributed by atoms with Crippen molar-refractivity contribution in [2.24, 2.45) is 0 Å². The van der Waals surface area contributed by atoms with E-state index in [0.717, 1.165) is 25.9 Å². The summed E-state index contributed by atoms with van der Waals surface area (Å²) in [5.74, 6) is 0.808. The van der Waals surface area contributed by atoms with Crippen LogP contribution in [0.15, 0.2) is 82.6 Å². The summed E-state index contributed by atoms with van der Waals surface area (Å²) in [6.45, 7) is -0.171. The number of ketones is 1. The Hall–Kier alpha value is -2.97. The first kappa shape index (κ1) is 21.3. The molecular formula is C23H21NO5S2. The molecule has 160 valence electrons. The quantitative estimate of drug-likeness (QED) is 0.508. The van der Waals surface area contributed by atoms with E-state index in [1.165, 1.54) is 0 Å². The van der Waals surface area contributed by atoms with Crippen LogP contribution in [0.3, 0.4) is 0 Å². The van der Waals surface area contributed by atoms with Crippen LogP contribution in [-0.2, 0) is 21.2 Å². The van der Waals surface area contributed by atoms with E-state index in [9.17, 15) is 13.2 Å². The average molecular weight is 456 g/mol. The van der Waals surface area contributed by atoms with Crippen LogP contribution in [0.5, 0.6) is 11.5 Å². The van der Waals surface area contributed by atoms with Gasteiger partial charge in [-0.05, 0) is 35.9 Å². The highest BCUT2D eigenvalue weighted by atomic mass is 32.2. The number of Topliss-reactive ketones (excluding diaryl/α,β-unsaturated/α-hetero) is 1. The van der Waals surface area contributed by atoms with Gasteiger partial charge < -0.3 is 9.47 Å². The van der Waals surface area contributed by atoms with Gasteiger partial charge in [-0.25, -0.2) is 8.42 Å². The normalized spacial score (nSPS) is 12.5. The lowest BCUT2D eigenvalue weighted by Gasteiger charge is -2.22. The van der Waals surface area contributed by atoms with Gasteiger partial charge in [0.1, 0.15) is 0 Å². The van der Waals surface area contributed by atoms with Crippen LogP contribution < -0.4 is 13.8 Å². The lowest BCUT2D eigenvalue weighted by molar-refractivity contribution is -0.117. The number of anilines is 1. The van der Waals surface area contributed by atoms with E-state index in [0.29, 0.717) is 17.2 Å². The van der Waals surface area contributed by atoms with E-state index in [-0.39, 0.29) is 25.5 Å². The Morgan fingerprint density at radius 3 is 2.45 bits per heavy atom. The summed E-state index contributed by atoms with van der Waals surface area (Å²) in [6.07, 6.45) is 1.22. The van der Waals surface area contributed by atoms with E-state index in [1.54, 1.807) is 30.0 Å². The predicted molar refractivity (Wildman–Crippen MR) is 120 cm³/mol. The second-order valence-corrected chi connectivity index (χ2v) is 10.1. The second-order valence-electron chi connectivity index (χ2n) is 7.05. The molecule has 1 heterocycles. The molecule has 4 rings (SSSR count). The Morgan fingerprint density at radius 2 is 1.68 bits per heavy atom. The Morgan fingerprint density at radius 1 is 0.968 bits per heavy atom. The molecule has 0 radical (unpaired) electrons. The van der Waals surface area contributed by atoms with Crippen LogP contribution in [0.1, 0.15) is 5.56 Å². The summed E-state index contributed by atoms with van der Waals surface area (Å²) in [4.78, 5) is 14.9. The van der Waals surface area contributed by atoms with Crippen LogP contribution in [0.25, 0.3) is 0 Å². The van der Waals surface area contributed by atoms with Gasteiger partial charge in [0.05, 0.1) is 18.5 Å². The summed E-state index contributed by atoms with van der Waals surface area (Å²) in [5.41, 5.74) is 1.23. The molecule has 0 N–H and O–H groups in total. The van der Waals surface area contributed by atoms with E-state index in [2.05, 4.69) is 0 Å². The molecular weight excluding hydrogens is 434 g/mol. The van der Waals surface area contributed by atoms with Gasteiger partial charge in [0.25, 0.3) is 0 Å². The number of sulfonamides is 1. The molecule has 1 aliphatic rings. The lowest BCUT2D eigenvalue weighted by Crippen LogP contribution is -2.35. The van der Waals surface area contributed by atoms with Crippen molar-refractivity contribution in [3.63, 3.8) is 0 Å². The van der Waals surface area contributed by atoms with Crippen molar-refractivity contribution in [3.05, 3.63) is 78.4 Å². The minimum atomic E-state index is -3.67. The lowest BCUT2D eigenvalue weighted by atomic mass is 10.1. The fourth-order valence-electron chi connectivity index (χ4n) is 3.23. The summed E-state index contributed by atoms with van der Waals surface area (Å²) >= 11 is 1.58. The summed E-state index contributed by atoms with van der Waals surface area (Å²) in [6, 6.07) is 22.4. The number of nitrogens with zero attached hydrogens (tertiary/aromatic N) is 1. The molecule has 0 amide bonds. The van der Waals surface area contributed by atoms with Gasteiger partial charge in [0, 0.05) is 22.3 Å². The highest BCUT2D eigenvalue weighted by Gasteiger charge is 2.24. The highest BCUT2D eigenvalue weighted by Crippen LogP contribution is 2.36. The third kappa shape index (κ3) is 5.21. The fourth-order valence-corrected chi connectivity index (χ4v) is 5.07. The largest absolute Gasteiger partial charge is 0.454 e. The third-order valence-electron chi connectivity index (χ3n) is 4.70. The molecule has 6 nitrogen and oxygen atoms in total. The number of rotatable bonds is 8. The van der Waals surface area contributed by atoms with Gasteiger partial charge in [0.15, 0.2) is 17.3 Å². The molecule has 0 fully saturated rings. The van der Waals surface area contributed by atoms with E-state index in [4.69, 9.17) is 9.47 Å². The first-order valence-corrected chi connectivity index (χ1v) is 12.3. The van der Waals surface area contributed by atoms with Crippen LogP contribution in [-0.4, -0.2) is 33.8 Å². The van der Waals surface area contributed by atoms with Crippen molar-refractivity contribution in [2.75, 3.05) is 23.9 Å². The van der Waals surface area contributed by atoms with E-state index >= 15 is 0 Å². The number of fused-ring (bicyclic) bond motifs is 1. The Labute approximate surface area is 185 Å². The standard InChI is InChI=1S/C23H21NO5S2/c1-31(26,27)24(18-11-12-21-22(14-18)29-16-28-21)15-19(25)13-17-7-5-6-10-23(17)30-20-8-3-2-4-9-20/h2-12,14H,13,15-16H2,1H3. The zero-order valence-electron chi connectivity index (χ0n) is 16.9. The van der Waals surface area contributed by atoms with Crippen LogP contribution in [0.2, 0.25) is 0 Å². The molecule has 3 aromatic rings. The van der Waals surface area contributed by atoms with Crippen LogP contribution >= 0.6 is 11.8 Å². The van der Waals surface area contributed by atoms with Crippen molar-refractivity contribution in [2.45, 2.75) is 16.2 Å². The summed E-state index contributed by atoms with van der Waals surface area (Å²) in [7, 11) is -3.67. The van der Waals surface area contributed by atoms with Gasteiger partial charge in [-0.15, -0.1) is 0 Å². The first-order valence-electron chi connectivity index (χ1n) is 9.60. The molecule has 0 spiro atoms. The fraction of sp³-hybridized carbons (Fsp3) is 0.174. The monoisotopic (exact) mass is 455 g/mol. The summed E-state index contributed by atoms with van der Waals surface area (Å²) in [5, 5.41) is 0. The molecule has 0 aliphatic carbocycles. The molecule has 3 aromatic carbocycles. The maximum atomic E-state index is 12.9. The van der Waals surface area contributed by atoms with Crippen molar-refractivity contribution in [3.8, 4) is 11.5 Å². The number of hydrogen-bond acceptors (Lipinski definition) is 6. The zero-order valence-corrected chi connectivity index (χ0v) is 18.5. The smallest absolute Gasteiger partial charge is 0.232 e. The number of hydrogen-bond donors (Lipinski definition) is 0. The van der Waals surface area contributed by atoms with E-state index < -0.39 is 10.0 Å². The molecule has 31 heavy (non-hydrogen) atoms. The van der Waals surface area contributed by atoms with Gasteiger partial charge in [-0.3, -0.25) is 9.10 Å². The average Bonchev–Trinajstić information content (AvgIpc) is 3.21. The van der Waals surface area contributed by atoms with Crippen molar-refractivity contribution in [1.29, 1.82) is 0 Å². The van der Waals surface area contributed by atoms with Crippen molar-refractivity contribution in [1.82, 2.24) is 0 Å². The molecule has 0 unspecified atom stereocenters. The molecule has 0 aromatic heterocycles. The van der Waals surface area contributed by atoms with E-state index in [1.807, 2.05) is 54.6 Å². The van der Waals surface area contributed by atoms with Crippen molar-refractivity contribution >= 4 is 33.3 Å². The Kier molecular flexibility index (Phi) is 6.20. The highest BCUT2D eigenvalue weighted by molar-refractivity contribution is 7.99. The van der Waals surface area contributed by atoms with Gasteiger partial charge in [0.2, 0.25) is 16.8 Å². The topological polar surface area (TPSA) is 72.9 Å². The second kappa shape index (κ2) is 9.03. The molecule has 0 saturated carbocycles. The number of ether oxygens (including phenoxy) is 2. The number of carbonyl (C=O) groups excluding carboxylic acids is 1. The molecule has 0 saturated heterocycles. The first-order chi connectivity index (χ1) is 14.9. The third-order valence-corrected chi connectivity index (χ3v) is 6.96. The summed E-state index contributed by atoms with van der Waals surface area (Å²) < 4.78 is 36.6. The minimum absolute atomic E-state index is 0.0897. The molecule has 0 atom stereocenters. The number of carbonyl (C=O) groups is 1. The molecule has 1 aliphatic heterocycles. The van der Waals surface area contributed by atoms with Gasteiger partial charge >= 0.3 is 0 Å².